The number of hydrogen-bond donors (Lipinski definition) is 2. The SMILES string of the molecule is Cl.O=C(NCCN1CCC2(CC1)C(=O)NCN2c1ccccc1)c1cccc(C(F)(F)F)c1. The molecule has 0 saturated carbocycles. The Bertz CT molecular complexity index is 979. The van der Waals surface area contributed by atoms with Gasteiger partial charge in [-0.25, -0.2) is 0 Å². The summed E-state index contributed by atoms with van der Waals surface area (Å²) < 4.78 is 38.5. The van der Waals surface area contributed by atoms with Crippen molar-refractivity contribution in [2.75, 3.05) is 37.7 Å². The zero-order valence-electron chi connectivity index (χ0n) is 17.9. The van der Waals surface area contributed by atoms with E-state index in [0.29, 0.717) is 45.7 Å². The van der Waals surface area contributed by atoms with Crippen molar-refractivity contribution < 1.29 is 22.8 Å². The first-order valence-corrected chi connectivity index (χ1v) is 10.6. The zero-order chi connectivity index (χ0) is 22.8. The molecule has 2 fully saturated rings. The summed E-state index contributed by atoms with van der Waals surface area (Å²) in [6.07, 6.45) is -3.16. The number of carbonyl (C=O) groups is 2. The quantitative estimate of drug-likeness (QED) is 0.686. The monoisotopic (exact) mass is 482 g/mol. The summed E-state index contributed by atoms with van der Waals surface area (Å²) in [6.45, 7) is 2.74. The van der Waals surface area contributed by atoms with Gasteiger partial charge in [-0.3, -0.25) is 9.59 Å². The molecule has 0 atom stereocenters. The number of nitrogens with zero attached hydrogens (tertiary/aromatic N) is 2. The summed E-state index contributed by atoms with van der Waals surface area (Å²) in [4.78, 5) is 29.2. The lowest BCUT2D eigenvalue weighted by molar-refractivity contribution is -0.137. The van der Waals surface area contributed by atoms with Gasteiger partial charge in [0.05, 0.1) is 12.2 Å². The predicted molar refractivity (Wildman–Crippen MR) is 121 cm³/mol. The summed E-state index contributed by atoms with van der Waals surface area (Å²) in [5.74, 6) is -0.492. The molecule has 0 bridgehead atoms. The smallest absolute Gasteiger partial charge is 0.351 e. The number of halogens is 4. The van der Waals surface area contributed by atoms with Crippen molar-refractivity contribution in [1.29, 1.82) is 0 Å². The first-order chi connectivity index (χ1) is 15.3. The predicted octanol–water partition coefficient (Wildman–Crippen LogP) is 3.29. The molecular formula is C23H26ClF3N4O2. The van der Waals surface area contributed by atoms with Crippen molar-refractivity contribution >= 4 is 29.9 Å². The van der Waals surface area contributed by atoms with Gasteiger partial charge in [-0.15, -0.1) is 12.4 Å². The third kappa shape index (κ3) is 5.25. The number of rotatable bonds is 5. The van der Waals surface area contributed by atoms with Gasteiger partial charge >= 0.3 is 6.18 Å². The second-order valence-corrected chi connectivity index (χ2v) is 8.14. The number of benzene rings is 2. The lowest BCUT2D eigenvalue weighted by Crippen LogP contribution is -2.57. The van der Waals surface area contributed by atoms with Crippen molar-refractivity contribution in [2.24, 2.45) is 0 Å². The van der Waals surface area contributed by atoms with E-state index in [9.17, 15) is 22.8 Å². The van der Waals surface area contributed by atoms with Gasteiger partial charge in [0, 0.05) is 37.4 Å². The van der Waals surface area contributed by atoms with Crippen LogP contribution in [0.25, 0.3) is 0 Å². The minimum Gasteiger partial charge on any atom is -0.351 e. The van der Waals surface area contributed by atoms with E-state index in [-0.39, 0.29) is 23.9 Å². The van der Waals surface area contributed by atoms with E-state index in [1.54, 1.807) is 0 Å². The number of amides is 2. The third-order valence-corrected chi connectivity index (χ3v) is 6.25. The number of para-hydroxylation sites is 1. The molecule has 2 aliphatic heterocycles. The molecule has 4 rings (SSSR count). The lowest BCUT2D eigenvalue weighted by Gasteiger charge is -2.43. The van der Waals surface area contributed by atoms with Gasteiger partial charge in [0.2, 0.25) is 5.91 Å². The van der Waals surface area contributed by atoms with Crippen molar-refractivity contribution in [1.82, 2.24) is 15.5 Å². The Labute approximate surface area is 196 Å². The normalized spacial score (nSPS) is 18.0. The minimum atomic E-state index is -4.49. The molecule has 178 valence electrons. The molecule has 2 heterocycles. The molecule has 10 heteroatoms. The number of carbonyl (C=O) groups excluding carboxylic acids is 2. The third-order valence-electron chi connectivity index (χ3n) is 6.25. The number of nitrogens with one attached hydrogen (secondary N) is 2. The number of piperidine rings is 1. The van der Waals surface area contributed by atoms with Crippen LogP contribution in [0, 0.1) is 0 Å². The zero-order valence-corrected chi connectivity index (χ0v) is 18.7. The van der Waals surface area contributed by atoms with Crippen LogP contribution in [0.1, 0.15) is 28.8 Å². The average Bonchev–Trinajstić information content (AvgIpc) is 3.10. The lowest BCUT2D eigenvalue weighted by atomic mass is 9.85. The number of alkyl halides is 3. The molecule has 33 heavy (non-hydrogen) atoms. The molecule has 0 aromatic heterocycles. The van der Waals surface area contributed by atoms with Crippen LogP contribution in [0.5, 0.6) is 0 Å². The molecule has 0 radical (unpaired) electrons. The van der Waals surface area contributed by atoms with E-state index in [1.165, 1.54) is 12.1 Å². The summed E-state index contributed by atoms with van der Waals surface area (Å²) in [6, 6.07) is 14.2. The topological polar surface area (TPSA) is 64.7 Å². The van der Waals surface area contributed by atoms with E-state index < -0.39 is 23.2 Å². The van der Waals surface area contributed by atoms with Crippen molar-refractivity contribution in [3.05, 3.63) is 65.7 Å². The Morgan fingerprint density at radius 3 is 2.42 bits per heavy atom. The second kappa shape index (κ2) is 10.0. The highest BCUT2D eigenvalue weighted by atomic mass is 35.5. The van der Waals surface area contributed by atoms with E-state index in [0.717, 1.165) is 17.8 Å². The summed E-state index contributed by atoms with van der Waals surface area (Å²) in [7, 11) is 0. The molecule has 2 aromatic carbocycles. The first-order valence-electron chi connectivity index (χ1n) is 10.6. The van der Waals surface area contributed by atoms with Crippen LogP contribution in [0.3, 0.4) is 0 Å². The fourth-order valence-corrected chi connectivity index (χ4v) is 4.45. The van der Waals surface area contributed by atoms with Gasteiger partial charge in [-0.2, -0.15) is 13.2 Å². The molecule has 2 amide bonds. The van der Waals surface area contributed by atoms with Gasteiger partial charge < -0.3 is 20.4 Å². The van der Waals surface area contributed by atoms with Crippen LogP contribution >= 0.6 is 12.4 Å². The van der Waals surface area contributed by atoms with Gasteiger partial charge in [0.25, 0.3) is 5.91 Å². The van der Waals surface area contributed by atoms with Gasteiger partial charge in [-0.05, 0) is 43.2 Å². The molecule has 0 aliphatic carbocycles. The van der Waals surface area contributed by atoms with E-state index in [1.807, 2.05) is 30.3 Å². The van der Waals surface area contributed by atoms with Gasteiger partial charge in [0.15, 0.2) is 0 Å². The maximum Gasteiger partial charge on any atom is 0.416 e. The maximum atomic E-state index is 12.8. The molecule has 1 spiro atoms. The van der Waals surface area contributed by atoms with E-state index >= 15 is 0 Å². The number of likely N-dealkylation sites (tertiary alicyclic amines) is 1. The number of anilines is 1. The van der Waals surface area contributed by atoms with Crippen LogP contribution in [0.15, 0.2) is 54.6 Å². The fourth-order valence-electron chi connectivity index (χ4n) is 4.45. The van der Waals surface area contributed by atoms with E-state index in [2.05, 4.69) is 20.4 Å². The van der Waals surface area contributed by atoms with Crippen LogP contribution in [0.4, 0.5) is 18.9 Å². The molecule has 2 saturated heterocycles. The Hall–Kier alpha value is -2.78. The standard InChI is InChI=1S/C23H25F3N4O2.ClH/c24-23(25,26)18-6-4-5-17(15-18)20(31)27-11-14-29-12-9-22(10-13-29)21(32)28-16-30(22)19-7-2-1-3-8-19;/h1-8,15H,9-14,16H2,(H,27,31)(H,28,32);1H. The Balaban J connectivity index is 0.00000306. The average molecular weight is 483 g/mol. The molecule has 2 N–H and O–H groups in total. The van der Waals surface area contributed by atoms with Gasteiger partial charge in [0.1, 0.15) is 5.54 Å². The Morgan fingerprint density at radius 1 is 1.06 bits per heavy atom. The van der Waals surface area contributed by atoms with Crippen LogP contribution in [-0.2, 0) is 11.0 Å². The molecule has 6 nitrogen and oxygen atoms in total. The Morgan fingerprint density at radius 2 is 1.76 bits per heavy atom. The van der Waals surface area contributed by atoms with Crippen molar-refractivity contribution in [3.63, 3.8) is 0 Å². The Kier molecular flexibility index (Phi) is 7.54. The summed E-state index contributed by atoms with van der Waals surface area (Å²) >= 11 is 0. The number of hydrogen-bond acceptors (Lipinski definition) is 4. The van der Waals surface area contributed by atoms with Crippen LogP contribution in [0.2, 0.25) is 0 Å². The second-order valence-electron chi connectivity index (χ2n) is 8.14. The van der Waals surface area contributed by atoms with Gasteiger partial charge in [-0.1, -0.05) is 24.3 Å². The highest BCUT2D eigenvalue weighted by Crippen LogP contribution is 2.36. The highest BCUT2D eigenvalue weighted by molar-refractivity contribution is 5.94. The summed E-state index contributed by atoms with van der Waals surface area (Å²) in [5, 5.41) is 5.66. The van der Waals surface area contributed by atoms with Crippen LogP contribution in [-0.4, -0.2) is 55.1 Å². The van der Waals surface area contributed by atoms with Crippen molar-refractivity contribution in [3.8, 4) is 0 Å². The first kappa shape index (κ1) is 24.9. The molecule has 0 unspecified atom stereocenters. The molecule has 2 aromatic rings. The van der Waals surface area contributed by atoms with E-state index in [4.69, 9.17) is 0 Å². The van der Waals surface area contributed by atoms with Crippen LogP contribution < -0.4 is 15.5 Å². The summed E-state index contributed by atoms with van der Waals surface area (Å²) in [5.41, 5.74) is -0.422. The molecular weight excluding hydrogens is 457 g/mol. The highest BCUT2D eigenvalue weighted by Gasteiger charge is 2.50. The molecule has 2 aliphatic rings. The maximum absolute atomic E-state index is 12.8. The van der Waals surface area contributed by atoms with Crippen molar-refractivity contribution in [2.45, 2.75) is 24.6 Å². The largest absolute Gasteiger partial charge is 0.416 e. The fraction of sp³-hybridized carbons (Fsp3) is 0.391. The minimum absolute atomic E-state index is 0.